The van der Waals surface area contributed by atoms with Gasteiger partial charge in [-0.3, -0.25) is 4.79 Å². The van der Waals surface area contributed by atoms with Crippen LogP contribution in [-0.4, -0.2) is 60.0 Å². The predicted molar refractivity (Wildman–Crippen MR) is 178 cm³/mol. The van der Waals surface area contributed by atoms with E-state index in [9.17, 15) is 10.1 Å². The molecule has 4 aromatic carbocycles. The number of pyridine rings is 1. The zero-order valence-electron chi connectivity index (χ0n) is 25.2. The number of carbonyl (C=O) groups is 1. The van der Waals surface area contributed by atoms with E-state index in [1.54, 1.807) is 0 Å². The fraction of sp³-hybridized carbons (Fsp3) is 0.289. The van der Waals surface area contributed by atoms with Crippen LogP contribution in [0.5, 0.6) is 0 Å². The average molecular weight is 580 g/mol. The molecule has 0 N–H and O–H groups in total. The van der Waals surface area contributed by atoms with Gasteiger partial charge in [0.05, 0.1) is 22.7 Å². The number of hydrogen-bond acceptors (Lipinski definition) is 5. The van der Waals surface area contributed by atoms with Crippen molar-refractivity contribution in [1.82, 2.24) is 14.8 Å². The minimum atomic E-state index is 0.0934. The number of amides is 1. The summed E-state index contributed by atoms with van der Waals surface area (Å²) in [5.41, 5.74) is 5.38. The summed E-state index contributed by atoms with van der Waals surface area (Å²) in [6.07, 6.45) is 4.59. The molecule has 2 aliphatic rings. The van der Waals surface area contributed by atoms with Gasteiger partial charge in [0.2, 0.25) is 0 Å². The molecule has 3 heterocycles. The molecular formula is C38H37N5O. The SMILES string of the molecule is CN(Cc1cccc2ccccc12)c1cc(C(=O)N2CCC[C@H]2CN2CCCC2)c2cc(-c3ccc(C#N)cc3)ccc2n1. The van der Waals surface area contributed by atoms with E-state index in [0.717, 1.165) is 66.9 Å². The number of carbonyl (C=O) groups excluding carboxylic acids is 1. The number of benzene rings is 4. The summed E-state index contributed by atoms with van der Waals surface area (Å²) in [7, 11) is 2.06. The number of likely N-dealkylation sites (tertiary alicyclic amines) is 2. The van der Waals surface area contributed by atoms with Crippen molar-refractivity contribution in [3.63, 3.8) is 0 Å². The van der Waals surface area contributed by atoms with E-state index < -0.39 is 0 Å². The number of hydrogen-bond donors (Lipinski definition) is 0. The molecule has 0 aliphatic carbocycles. The number of nitriles is 1. The van der Waals surface area contributed by atoms with Crippen LogP contribution in [0.1, 0.15) is 47.2 Å². The Labute approximate surface area is 259 Å². The third kappa shape index (κ3) is 5.52. The van der Waals surface area contributed by atoms with Crippen molar-refractivity contribution in [2.75, 3.05) is 38.1 Å². The average Bonchev–Trinajstić information content (AvgIpc) is 3.76. The monoisotopic (exact) mass is 579 g/mol. The van der Waals surface area contributed by atoms with Gasteiger partial charge in [0.25, 0.3) is 5.91 Å². The van der Waals surface area contributed by atoms with Crippen molar-refractivity contribution in [3.05, 3.63) is 108 Å². The van der Waals surface area contributed by atoms with Crippen LogP contribution < -0.4 is 4.90 Å². The molecule has 220 valence electrons. The number of aromatic nitrogens is 1. The summed E-state index contributed by atoms with van der Waals surface area (Å²) in [5.74, 6) is 0.881. The molecule has 0 saturated carbocycles. The molecule has 2 aliphatic heterocycles. The number of anilines is 1. The molecule has 0 spiro atoms. The molecule has 44 heavy (non-hydrogen) atoms. The maximum Gasteiger partial charge on any atom is 0.254 e. The van der Waals surface area contributed by atoms with Gasteiger partial charge in [-0.2, -0.15) is 5.26 Å². The van der Waals surface area contributed by atoms with Crippen molar-refractivity contribution in [1.29, 1.82) is 5.26 Å². The fourth-order valence-electron chi connectivity index (χ4n) is 6.98. The van der Waals surface area contributed by atoms with Crippen molar-refractivity contribution in [3.8, 4) is 17.2 Å². The number of nitrogens with zero attached hydrogens (tertiary/aromatic N) is 5. The molecular weight excluding hydrogens is 542 g/mol. The van der Waals surface area contributed by atoms with Crippen LogP contribution in [0.2, 0.25) is 0 Å². The van der Waals surface area contributed by atoms with Crippen LogP contribution in [0.3, 0.4) is 0 Å². The Morgan fingerprint density at radius 3 is 2.48 bits per heavy atom. The fourth-order valence-corrected chi connectivity index (χ4v) is 6.98. The van der Waals surface area contributed by atoms with Crippen LogP contribution in [0.15, 0.2) is 91.0 Å². The highest BCUT2D eigenvalue weighted by Gasteiger charge is 2.32. The molecule has 2 fully saturated rings. The normalized spacial score (nSPS) is 16.9. The summed E-state index contributed by atoms with van der Waals surface area (Å²) in [4.78, 5) is 26.4. The Balaban J connectivity index is 1.28. The summed E-state index contributed by atoms with van der Waals surface area (Å²) in [6.45, 7) is 4.69. The van der Waals surface area contributed by atoms with E-state index in [1.165, 1.54) is 29.2 Å². The van der Waals surface area contributed by atoms with E-state index >= 15 is 0 Å². The Kier molecular flexibility index (Phi) is 7.72. The van der Waals surface area contributed by atoms with Crippen molar-refractivity contribution < 1.29 is 4.79 Å². The van der Waals surface area contributed by atoms with E-state index in [4.69, 9.17) is 4.98 Å². The van der Waals surface area contributed by atoms with Gasteiger partial charge in [0, 0.05) is 38.1 Å². The molecule has 0 unspecified atom stereocenters. The van der Waals surface area contributed by atoms with E-state index in [1.807, 2.05) is 36.4 Å². The smallest absolute Gasteiger partial charge is 0.254 e. The number of rotatable bonds is 7. The third-order valence-electron chi connectivity index (χ3n) is 9.36. The van der Waals surface area contributed by atoms with Crippen LogP contribution in [0.4, 0.5) is 5.82 Å². The first-order valence-electron chi connectivity index (χ1n) is 15.7. The standard InChI is InChI=1S/C38H37N5O/c1-41(25-31-10-6-9-29-8-2-3-12-33(29)31)37-23-35(38(44)43-21-7-11-32(43)26-42-19-4-5-20-42)34-22-30(17-18-36(34)40-37)28-15-13-27(24-39)14-16-28/h2-3,6,8-10,12-18,22-23,32H,4-5,7,11,19-21,25-26H2,1H3/t32-/m0/s1. The molecule has 1 atom stereocenters. The first-order valence-corrected chi connectivity index (χ1v) is 15.7. The predicted octanol–water partition coefficient (Wildman–Crippen LogP) is 7.26. The van der Waals surface area contributed by atoms with Crippen molar-refractivity contribution >= 4 is 33.4 Å². The van der Waals surface area contributed by atoms with Gasteiger partial charge in [0.1, 0.15) is 5.82 Å². The molecule has 6 nitrogen and oxygen atoms in total. The quantitative estimate of drug-likeness (QED) is 0.203. The summed E-state index contributed by atoms with van der Waals surface area (Å²) in [5, 5.41) is 12.6. The molecule has 1 aromatic heterocycles. The summed E-state index contributed by atoms with van der Waals surface area (Å²) < 4.78 is 0. The van der Waals surface area contributed by atoms with E-state index in [2.05, 4.69) is 82.4 Å². The Bertz CT molecular complexity index is 1860. The minimum Gasteiger partial charge on any atom is -0.355 e. The zero-order valence-corrected chi connectivity index (χ0v) is 25.2. The minimum absolute atomic E-state index is 0.0934. The summed E-state index contributed by atoms with van der Waals surface area (Å²) >= 11 is 0. The molecule has 0 radical (unpaired) electrons. The Morgan fingerprint density at radius 1 is 0.886 bits per heavy atom. The van der Waals surface area contributed by atoms with Gasteiger partial charge in [-0.25, -0.2) is 4.98 Å². The first kappa shape index (κ1) is 28.1. The Morgan fingerprint density at radius 2 is 1.66 bits per heavy atom. The first-order chi connectivity index (χ1) is 21.6. The summed E-state index contributed by atoms with van der Waals surface area (Å²) in [6, 6.07) is 33.1. The van der Waals surface area contributed by atoms with Gasteiger partial charge >= 0.3 is 0 Å². The molecule has 1 amide bonds. The lowest BCUT2D eigenvalue weighted by Gasteiger charge is -2.29. The van der Waals surface area contributed by atoms with Crippen molar-refractivity contribution in [2.24, 2.45) is 0 Å². The zero-order chi connectivity index (χ0) is 30.0. The second-order valence-electron chi connectivity index (χ2n) is 12.2. The molecule has 6 heteroatoms. The molecule has 7 rings (SSSR count). The van der Waals surface area contributed by atoms with Crippen LogP contribution in [0, 0.1) is 11.3 Å². The van der Waals surface area contributed by atoms with Crippen LogP contribution in [-0.2, 0) is 6.54 Å². The van der Waals surface area contributed by atoms with Gasteiger partial charge in [0.15, 0.2) is 0 Å². The number of fused-ring (bicyclic) bond motifs is 2. The highest BCUT2D eigenvalue weighted by molar-refractivity contribution is 6.08. The topological polar surface area (TPSA) is 63.5 Å². The largest absolute Gasteiger partial charge is 0.355 e. The van der Waals surface area contributed by atoms with Gasteiger partial charge in [-0.15, -0.1) is 0 Å². The maximum atomic E-state index is 14.5. The molecule has 0 bridgehead atoms. The van der Waals surface area contributed by atoms with Crippen molar-refractivity contribution in [2.45, 2.75) is 38.3 Å². The maximum absolute atomic E-state index is 14.5. The third-order valence-corrected chi connectivity index (χ3v) is 9.36. The van der Waals surface area contributed by atoms with E-state index in [0.29, 0.717) is 17.7 Å². The van der Waals surface area contributed by atoms with Crippen LogP contribution in [0.25, 0.3) is 32.8 Å². The van der Waals surface area contributed by atoms with E-state index in [-0.39, 0.29) is 11.9 Å². The second-order valence-corrected chi connectivity index (χ2v) is 12.2. The highest BCUT2D eigenvalue weighted by Crippen LogP contribution is 2.32. The lowest BCUT2D eigenvalue weighted by atomic mass is 9.99. The lowest BCUT2D eigenvalue weighted by Crippen LogP contribution is -2.42. The Hall–Kier alpha value is -4.73. The molecule has 2 saturated heterocycles. The second kappa shape index (κ2) is 12.1. The highest BCUT2D eigenvalue weighted by atomic mass is 16.2. The van der Waals surface area contributed by atoms with Crippen LogP contribution >= 0.6 is 0 Å². The lowest BCUT2D eigenvalue weighted by molar-refractivity contribution is 0.0710. The van der Waals surface area contributed by atoms with Gasteiger partial charge in [-0.05, 0) is 96.6 Å². The van der Waals surface area contributed by atoms with Gasteiger partial charge in [-0.1, -0.05) is 60.7 Å². The van der Waals surface area contributed by atoms with Gasteiger partial charge < -0.3 is 14.7 Å². The molecule has 5 aromatic rings.